The Balaban J connectivity index is 0.000000191. The van der Waals surface area contributed by atoms with E-state index in [1.165, 1.54) is 41.8 Å². The van der Waals surface area contributed by atoms with Crippen LogP contribution in [-0.4, -0.2) is 111 Å². The average Bonchev–Trinajstić information content (AvgIpc) is 4.25. The number of carbonyl (C=O) groups is 1. The minimum Gasteiger partial charge on any atom is -0.493 e. The van der Waals surface area contributed by atoms with Crippen LogP contribution in [-0.2, 0) is 62.4 Å². The lowest BCUT2D eigenvalue weighted by Gasteiger charge is -2.25. The molecule has 6 aromatic rings. The first-order chi connectivity index (χ1) is 35.3. The van der Waals surface area contributed by atoms with E-state index in [-0.39, 0.29) is 23.1 Å². The number of sulfonamides is 1. The molecule has 3 aliphatic heterocycles. The number of aryl methyl sites for hydroxylation is 2. The first-order valence-electron chi connectivity index (χ1n) is 24.4. The van der Waals surface area contributed by atoms with E-state index in [1.54, 1.807) is 44.8 Å². The summed E-state index contributed by atoms with van der Waals surface area (Å²) in [4.78, 5) is 18.0. The Morgan fingerprint density at radius 1 is 0.740 bits per heavy atom. The predicted octanol–water partition coefficient (Wildman–Crippen LogP) is 8.71. The van der Waals surface area contributed by atoms with E-state index in [4.69, 9.17) is 15.6 Å². The number of benzene rings is 2. The normalized spacial score (nSPS) is 15.5. The number of alkyl halides is 3. The molecule has 4 aliphatic rings. The second kappa shape index (κ2) is 25.4. The van der Waals surface area contributed by atoms with Crippen molar-refractivity contribution in [3.05, 3.63) is 118 Å². The summed E-state index contributed by atoms with van der Waals surface area (Å²) in [5.41, 5.74) is 9.11. The number of halogens is 6. The molecule has 0 unspecified atom stereocenters. The van der Waals surface area contributed by atoms with Gasteiger partial charge in [-0.2, -0.15) is 17.5 Å². The number of hydrogen-bond donors (Lipinski definition) is 0. The second-order valence-electron chi connectivity index (χ2n) is 16.6. The monoisotopic (exact) mass is 1080 g/mol. The van der Waals surface area contributed by atoms with Gasteiger partial charge in [0.1, 0.15) is 47.4 Å². The number of nitrogens with zero attached hydrogens (tertiary/aromatic N) is 9. The molecule has 7 heterocycles. The van der Waals surface area contributed by atoms with Gasteiger partial charge < -0.3 is 9.47 Å². The standard InChI is InChI=1S/C22H24FN5O3S.C21H21FN4O.C2H5ClO2S.C2HF3O.C2H6/c1-2-32(29,30)27-10-7-15(8-11-27)18-13-24-21(28-14-25-26-22(18)28)6-3-16-17-9-12-31-20(17)5-4-19(16)23;22-18-7-8-19-16(10-11-27-19)15(18)6-9-20-23-12-17(14-4-2-1-3-5-14)21-25-24-13-26(20)21;1-2-6(3,4)5;3-2(4,5)1-6;1-2/h4-5,7,13-14H,2-3,6,8-12H2,1H3;4,7-8,12-13H,1-3,5-6,9-11H2;2H2,1H3;1H;1-2H3/i;;;;1D. The van der Waals surface area contributed by atoms with E-state index in [1.807, 2.05) is 21.1 Å². The van der Waals surface area contributed by atoms with Crippen molar-refractivity contribution in [3.8, 4) is 11.5 Å². The highest BCUT2D eigenvalue weighted by molar-refractivity contribution is 8.13. The largest absolute Gasteiger partial charge is 0.493 e. The van der Waals surface area contributed by atoms with Gasteiger partial charge in [0.05, 0.1) is 24.7 Å². The van der Waals surface area contributed by atoms with E-state index in [0.717, 1.165) is 87.9 Å². The molecule has 0 spiro atoms. The molecule has 10 rings (SSSR count). The van der Waals surface area contributed by atoms with Crippen molar-refractivity contribution in [2.75, 3.05) is 37.8 Å². The zero-order valence-corrected chi connectivity index (χ0v) is 42.9. The molecule has 394 valence electrons. The first kappa shape index (κ1) is 54.9. The molecule has 24 heteroatoms. The van der Waals surface area contributed by atoms with Crippen molar-refractivity contribution in [1.29, 1.82) is 0 Å². The van der Waals surface area contributed by atoms with Crippen LogP contribution in [0.25, 0.3) is 22.4 Å². The predicted molar refractivity (Wildman–Crippen MR) is 266 cm³/mol. The fraction of sp³-hybridized carbons (Fsp3) is 0.449. The van der Waals surface area contributed by atoms with Gasteiger partial charge in [0, 0.05) is 85.5 Å². The maximum absolute atomic E-state index is 14.5. The molecule has 0 saturated carbocycles. The topological polar surface area (TPSA) is 193 Å². The van der Waals surface area contributed by atoms with Gasteiger partial charge in [0.2, 0.25) is 25.4 Å². The SMILES string of the molecule is CCS(=O)(=O)Cl.CCS(=O)(=O)N1CC=C(c2cnc(CCc3c(F)ccc4c3CCO4)n3cnnc23)CC1.Fc1ccc2c(c1CCc1ncc(C3=CCCCC3)c3nncn13)CCO2.O=CC(F)(F)F.[2H]CC. The van der Waals surface area contributed by atoms with Gasteiger partial charge in [-0.05, 0) is 98.4 Å². The van der Waals surface area contributed by atoms with E-state index < -0.39 is 31.5 Å². The molecule has 16 nitrogen and oxygen atoms in total. The second-order valence-corrected chi connectivity index (χ2v) is 22.0. The Hall–Kier alpha value is -5.91. The van der Waals surface area contributed by atoms with Crippen LogP contribution in [0.4, 0.5) is 22.0 Å². The van der Waals surface area contributed by atoms with Crippen molar-refractivity contribution in [3.63, 3.8) is 0 Å². The van der Waals surface area contributed by atoms with Crippen molar-refractivity contribution in [1.82, 2.24) is 43.5 Å². The molecule has 0 fully saturated rings. The maximum Gasteiger partial charge on any atom is 0.446 e. The number of hydrogen-bond acceptors (Lipinski definition) is 13. The molecular weight excluding hydrogens is 1020 g/mol. The van der Waals surface area contributed by atoms with Crippen LogP contribution in [0.5, 0.6) is 11.5 Å². The highest BCUT2D eigenvalue weighted by Crippen LogP contribution is 2.34. The fourth-order valence-corrected chi connectivity index (χ4v) is 9.65. The fourth-order valence-electron chi connectivity index (χ4n) is 8.61. The summed E-state index contributed by atoms with van der Waals surface area (Å²) < 4.78 is 127. The zero-order valence-electron chi connectivity index (χ0n) is 41.5. The Labute approximate surface area is 426 Å². The maximum atomic E-state index is 14.5. The zero-order chi connectivity index (χ0) is 53.6. The summed E-state index contributed by atoms with van der Waals surface area (Å²) in [7, 11) is -1.71. The molecule has 0 bridgehead atoms. The van der Waals surface area contributed by atoms with E-state index >= 15 is 0 Å². The minimum absolute atomic E-state index is 0.00849. The van der Waals surface area contributed by atoms with Crippen LogP contribution in [0.2, 0.25) is 0 Å². The van der Waals surface area contributed by atoms with Gasteiger partial charge in [-0.25, -0.2) is 35.6 Å². The van der Waals surface area contributed by atoms with Crippen LogP contribution < -0.4 is 9.47 Å². The summed E-state index contributed by atoms with van der Waals surface area (Å²) >= 11 is 0. The molecule has 0 atom stereocenters. The average molecular weight is 1080 g/mol. The molecule has 4 aromatic heterocycles. The van der Waals surface area contributed by atoms with Crippen LogP contribution in [0.3, 0.4) is 0 Å². The lowest BCUT2D eigenvalue weighted by atomic mass is 9.95. The Kier molecular flexibility index (Phi) is 19.1. The summed E-state index contributed by atoms with van der Waals surface area (Å²) in [5, 5.41) is 16.8. The van der Waals surface area contributed by atoms with Crippen LogP contribution >= 0.6 is 10.7 Å². The van der Waals surface area contributed by atoms with Gasteiger partial charge in [-0.1, -0.05) is 32.9 Å². The van der Waals surface area contributed by atoms with Gasteiger partial charge in [0.25, 0.3) is 0 Å². The number of allylic oxidation sites excluding steroid dienone is 2. The van der Waals surface area contributed by atoms with Crippen molar-refractivity contribution in [2.45, 2.75) is 104 Å². The number of aldehydes is 1. The molecule has 0 saturated heterocycles. The van der Waals surface area contributed by atoms with E-state index in [9.17, 15) is 38.8 Å². The Bertz CT molecular complexity index is 3210. The third-order valence-corrected chi connectivity index (χ3v) is 15.5. The third-order valence-electron chi connectivity index (χ3n) is 12.3. The number of carbonyl (C=O) groups excluding carboxylic acids is 1. The molecule has 73 heavy (non-hydrogen) atoms. The molecule has 0 radical (unpaired) electrons. The van der Waals surface area contributed by atoms with Gasteiger partial charge in [-0.15, -0.1) is 20.4 Å². The summed E-state index contributed by atoms with van der Waals surface area (Å²) in [6.07, 6.45) is 14.4. The lowest BCUT2D eigenvalue weighted by molar-refractivity contribution is -0.156. The Morgan fingerprint density at radius 3 is 1.62 bits per heavy atom. The molecular formula is C49H57ClF5N9O7S2. The number of fused-ring (bicyclic) bond motifs is 4. The van der Waals surface area contributed by atoms with Gasteiger partial charge in [0.15, 0.2) is 11.3 Å². The van der Waals surface area contributed by atoms with Crippen LogP contribution in [0.15, 0.2) is 61.5 Å². The molecule has 1 aliphatic carbocycles. The van der Waals surface area contributed by atoms with Crippen molar-refractivity contribution >= 4 is 58.5 Å². The summed E-state index contributed by atoms with van der Waals surface area (Å²) in [6.45, 7) is 7.42. The Morgan fingerprint density at radius 2 is 1.22 bits per heavy atom. The first-order valence-corrected chi connectivity index (χ1v) is 27.7. The van der Waals surface area contributed by atoms with Crippen molar-refractivity contribution < 1.29 is 54.4 Å². The summed E-state index contributed by atoms with van der Waals surface area (Å²) in [6, 6.07) is 6.38. The molecule has 2 aromatic carbocycles. The summed E-state index contributed by atoms with van der Waals surface area (Å²) in [5.74, 6) is 2.90. The van der Waals surface area contributed by atoms with Gasteiger partial charge >= 0.3 is 6.18 Å². The quantitative estimate of drug-likeness (QED) is 0.0680. The minimum atomic E-state index is -4.64. The number of rotatable bonds is 11. The van der Waals surface area contributed by atoms with Crippen molar-refractivity contribution in [2.24, 2.45) is 0 Å². The van der Waals surface area contributed by atoms with Crippen LogP contribution in [0, 0.1) is 11.6 Å². The van der Waals surface area contributed by atoms with Gasteiger partial charge in [-0.3, -0.25) is 13.6 Å². The number of aromatic nitrogens is 8. The van der Waals surface area contributed by atoms with E-state index in [0.29, 0.717) is 76.5 Å². The molecule has 0 N–H and O–H groups in total. The number of ether oxygens (including phenoxy) is 2. The molecule has 0 amide bonds. The smallest absolute Gasteiger partial charge is 0.446 e. The van der Waals surface area contributed by atoms with E-state index in [2.05, 4.69) is 47.1 Å². The lowest BCUT2D eigenvalue weighted by Crippen LogP contribution is -2.35. The van der Waals surface area contributed by atoms with Crippen LogP contribution in [0.1, 0.15) is 106 Å². The third kappa shape index (κ3) is 14.4. The highest BCUT2D eigenvalue weighted by atomic mass is 35.7. The highest BCUT2D eigenvalue weighted by Gasteiger charge is 2.27.